The SMILES string of the molecule is NC1CCOCC1Sc1nnc2n1CCCCC2. The van der Waals surface area contributed by atoms with E-state index in [4.69, 9.17) is 10.5 Å². The van der Waals surface area contributed by atoms with Gasteiger partial charge in [-0.2, -0.15) is 0 Å². The molecule has 3 rings (SSSR count). The van der Waals surface area contributed by atoms with Gasteiger partial charge in [0.25, 0.3) is 0 Å². The molecule has 1 aromatic rings. The Morgan fingerprint density at radius 1 is 1.28 bits per heavy atom. The third kappa shape index (κ3) is 2.55. The molecular weight excluding hydrogens is 248 g/mol. The van der Waals surface area contributed by atoms with E-state index in [1.165, 1.54) is 19.3 Å². The van der Waals surface area contributed by atoms with Gasteiger partial charge in [-0.1, -0.05) is 18.2 Å². The molecule has 1 aromatic heterocycles. The number of ether oxygens (including phenoxy) is 1. The smallest absolute Gasteiger partial charge is 0.191 e. The lowest BCUT2D eigenvalue weighted by Crippen LogP contribution is -2.41. The number of aryl methyl sites for hydroxylation is 1. The first kappa shape index (κ1) is 12.4. The van der Waals surface area contributed by atoms with Crippen molar-refractivity contribution in [3.8, 4) is 0 Å². The average Bonchev–Trinajstić information content (AvgIpc) is 2.62. The van der Waals surface area contributed by atoms with Crippen LogP contribution in [0.3, 0.4) is 0 Å². The molecule has 0 bridgehead atoms. The van der Waals surface area contributed by atoms with Gasteiger partial charge in [-0.05, 0) is 19.3 Å². The molecule has 0 aromatic carbocycles. The van der Waals surface area contributed by atoms with Gasteiger partial charge in [-0.3, -0.25) is 0 Å². The van der Waals surface area contributed by atoms with Crippen molar-refractivity contribution >= 4 is 11.8 Å². The van der Waals surface area contributed by atoms with E-state index in [1.807, 2.05) is 0 Å². The molecule has 100 valence electrons. The van der Waals surface area contributed by atoms with Gasteiger partial charge in [-0.15, -0.1) is 10.2 Å². The fourth-order valence-corrected chi connectivity index (χ4v) is 3.69. The lowest BCUT2D eigenvalue weighted by Gasteiger charge is -2.27. The largest absolute Gasteiger partial charge is 0.380 e. The van der Waals surface area contributed by atoms with Crippen molar-refractivity contribution in [2.24, 2.45) is 5.73 Å². The molecule has 0 aliphatic carbocycles. The molecule has 0 radical (unpaired) electrons. The fourth-order valence-electron chi connectivity index (χ4n) is 2.53. The van der Waals surface area contributed by atoms with Crippen molar-refractivity contribution < 1.29 is 4.74 Å². The molecule has 3 heterocycles. The van der Waals surface area contributed by atoms with Crippen LogP contribution in [-0.4, -0.2) is 39.3 Å². The minimum absolute atomic E-state index is 0.211. The number of hydrogen-bond acceptors (Lipinski definition) is 5. The maximum absolute atomic E-state index is 6.14. The number of nitrogens with zero attached hydrogens (tertiary/aromatic N) is 3. The zero-order valence-corrected chi connectivity index (χ0v) is 11.4. The highest BCUT2D eigenvalue weighted by Gasteiger charge is 2.26. The quantitative estimate of drug-likeness (QED) is 0.873. The zero-order valence-electron chi connectivity index (χ0n) is 10.5. The van der Waals surface area contributed by atoms with Crippen LogP contribution in [0.2, 0.25) is 0 Å². The van der Waals surface area contributed by atoms with Crippen molar-refractivity contribution in [2.45, 2.75) is 55.1 Å². The second kappa shape index (κ2) is 5.59. The molecule has 1 saturated heterocycles. The minimum Gasteiger partial charge on any atom is -0.380 e. The van der Waals surface area contributed by atoms with E-state index in [0.29, 0.717) is 5.25 Å². The molecule has 0 amide bonds. The van der Waals surface area contributed by atoms with Gasteiger partial charge in [-0.25, -0.2) is 0 Å². The summed E-state index contributed by atoms with van der Waals surface area (Å²) in [6.45, 7) is 2.57. The highest BCUT2D eigenvalue weighted by molar-refractivity contribution is 7.99. The van der Waals surface area contributed by atoms with Crippen LogP contribution in [0.1, 0.15) is 31.5 Å². The Morgan fingerprint density at radius 3 is 3.11 bits per heavy atom. The van der Waals surface area contributed by atoms with E-state index < -0.39 is 0 Å². The summed E-state index contributed by atoms with van der Waals surface area (Å²) in [7, 11) is 0. The monoisotopic (exact) mass is 268 g/mol. The summed E-state index contributed by atoms with van der Waals surface area (Å²) >= 11 is 1.74. The Kier molecular flexibility index (Phi) is 3.86. The van der Waals surface area contributed by atoms with Gasteiger partial charge in [0.15, 0.2) is 5.16 Å². The van der Waals surface area contributed by atoms with E-state index in [2.05, 4.69) is 14.8 Å². The van der Waals surface area contributed by atoms with Crippen LogP contribution >= 0.6 is 11.8 Å². The number of aromatic nitrogens is 3. The maximum Gasteiger partial charge on any atom is 0.191 e. The van der Waals surface area contributed by atoms with Crippen LogP contribution in [0.5, 0.6) is 0 Å². The van der Waals surface area contributed by atoms with Crippen LogP contribution in [0.15, 0.2) is 5.16 Å². The van der Waals surface area contributed by atoms with Crippen LogP contribution < -0.4 is 5.73 Å². The number of fused-ring (bicyclic) bond motifs is 1. The molecule has 2 atom stereocenters. The van der Waals surface area contributed by atoms with Crippen LogP contribution in [-0.2, 0) is 17.7 Å². The zero-order chi connectivity index (χ0) is 12.4. The van der Waals surface area contributed by atoms with Crippen molar-refractivity contribution in [1.29, 1.82) is 0 Å². The third-order valence-electron chi connectivity index (χ3n) is 3.69. The van der Waals surface area contributed by atoms with Gasteiger partial charge in [0.05, 0.1) is 11.9 Å². The molecule has 0 saturated carbocycles. The molecule has 6 heteroatoms. The topological polar surface area (TPSA) is 66.0 Å². The standard InChI is InChI=1S/C12H20N4OS/c13-9-5-7-17-8-10(9)18-12-15-14-11-4-2-1-3-6-16(11)12/h9-10H,1-8,13H2. The van der Waals surface area contributed by atoms with Crippen molar-refractivity contribution in [2.75, 3.05) is 13.2 Å². The predicted molar refractivity (Wildman–Crippen MR) is 70.6 cm³/mol. The molecule has 2 N–H and O–H groups in total. The molecular formula is C12H20N4OS. The second-order valence-electron chi connectivity index (χ2n) is 5.04. The van der Waals surface area contributed by atoms with E-state index in [9.17, 15) is 0 Å². The van der Waals surface area contributed by atoms with E-state index >= 15 is 0 Å². The Bertz CT molecular complexity index is 409. The summed E-state index contributed by atoms with van der Waals surface area (Å²) in [5.74, 6) is 1.14. The Labute approximate surface area is 111 Å². The molecule has 1 fully saturated rings. The van der Waals surface area contributed by atoms with Crippen molar-refractivity contribution in [3.63, 3.8) is 0 Å². The summed E-state index contributed by atoms with van der Waals surface area (Å²) in [4.78, 5) is 0. The number of nitrogens with two attached hydrogens (primary N) is 1. The summed E-state index contributed by atoms with van der Waals surface area (Å²) in [5.41, 5.74) is 6.14. The van der Waals surface area contributed by atoms with Crippen LogP contribution in [0, 0.1) is 0 Å². The van der Waals surface area contributed by atoms with Crippen molar-refractivity contribution in [1.82, 2.24) is 14.8 Å². The summed E-state index contributed by atoms with van der Waals surface area (Å²) in [6.07, 6.45) is 5.75. The van der Waals surface area contributed by atoms with E-state index in [-0.39, 0.29) is 6.04 Å². The Balaban J connectivity index is 1.74. The van der Waals surface area contributed by atoms with E-state index in [0.717, 1.165) is 43.6 Å². The first-order valence-corrected chi connectivity index (χ1v) is 7.64. The highest BCUT2D eigenvalue weighted by atomic mass is 32.2. The minimum atomic E-state index is 0.211. The maximum atomic E-state index is 6.14. The predicted octanol–water partition coefficient (Wildman–Crippen LogP) is 1.21. The fraction of sp³-hybridized carbons (Fsp3) is 0.833. The van der Waals surface area contributed by atoms with Crippen molar-refractivity contribution in [3.05, 3.63) is 5.82 Å². The molecule has 2 aliphatic rings. The number of hydrogen-bond donors (Lipinski definition) is 1. The average molecular weight is 268 g/mol. The molecule has 5 nitrogen and oxygen atoms in total. The number of rotatable bonds is 2. The molecule has 0 spiro atoms. The lowest BCUT2D eigenvalue weighted by atomic mass is 10.1. The molecule has 2 unspecified atom stereocenters. The van der Waals surface area contributed by atoms with E-state index in [1.54, 1.807) is 11.8 Å². The molecule has 2 aliphatic heterocycles. The van der Waals surface area contributed by atoms with Gasteiger partial charge < -0.3 is 15.0 Å². The Hall–Kier alpha value is -0.590. The first-order chi connectivity index (χ1) is 8.84. The third-order valence-corrected chi connectivity index (χ3v) is 4.99. The van der Waals surface area contributed by atoms with Gasteiger partial charge in [0, 0.05) is 25.6 Å². The highest BCUT2D eigenvalue weighted by Crippen LogP contribution is 2.28. The molecule has 18 heavy (non-hydrogen) atoms. The summed E-state index contributed by atoms with van der Waals surface area (Å²) in [6, 6.07) is 0.211. The second-order valence-corrected chi connectivity index (χ2v) is 6.25. The van der Waals surface area contributed by atoms with Gasteiger partial charge in [0.2, 0.25) is 0 Å². The normalized spacial score (nSPS) is 28.7. The Morgan fingerprint density at radius 2 is 2.22 bits per heavy atom. The van der Waals surface area contributed by atoms with Gasteiger partial charge in [0.1, 0.15) is 5.82 Å². The lowest BCUT2D eigenvalue weighted by molar-refractivity contribution is 0.0915. The summed E-state index contributed by atoms with van der Waals surface area (Å²) in [5, 5.41) is 9.99. The van der Waals surface area contributed by atoms with Crippen LogP contribution in [0.25, 0.3) is 0 Å². The summed E-state index contributed by atoms with van der Waals surface area (Å²) < 4.78 is 7.79. The van der Waals surface area contributed by atoms with Crippen LogP contribution in [0.4, 0.5) is 0 Å². The number of thioether (sulfide) groups is 1. The van der Waals surface area contributed by atoms with Gasteiger partial charge >= 0.3 is 0 Å². The first-order valence-electron chi connectivity index (χ1n) is 6.76.